The molecule has 3 aromatic carbocycles. The summed E-state index contributed by atoms with van der Waals surface area (Å²) in [6.45, 7) is 0.144. The van der Waals surface area contributed by atoms with Crippen molar-refractivity contribution in [1.82, 2.24) is 10.0 Å². The third-order valence-electron chi connectivity index (χ3n) is 6.55. The molecule has 12 heteroatoms. The Balaban J connectivity index is 1.49. The number of benzene rings is 3. The van der Waals surface area contributed by atoms with Crippen LogP contribution in [0.1, 0.15) is 45.5 Å². The molecule has 220 valence electrons. The van der Waals surface area contributed by atoms with Gasteiger partial charge in [0.15, 0.2) is 0 Å². The van der Waals surface area contributed by atoms with Crippen molar-refractivity contribution in [2.24, 2.45) is 0 Å². The predicted octanol–water partition coefficient (Wildman–Crippen LogP) is 5.75. The molecule has 1 aromatic heterocycles. The number of carbonyl (C=O) groups excluding carboxylic acids is 1. The Kier molecular flexibility index (Phi) is 9.81. The quantitative estimate of drug-likeness (QED) is 0.186. The maximum atomic E-state index is 13.3. The zero-order valence-electron chi connectivity index (χ0n) is 22.0. The van der Waals surface area contributed by atoms with Gasteiger partial charge in [-0.05, 0) is 47.4 Å². The summed E-state index contributed by atoms with van der Waals surface area (Å²) in [5, 5.41) is 11.2. The molecule has 0 radical (unpaired) electrons. The molecule has 1 atom stereocenters. The van der Waals surface area contributed by atoms with E-state index >= 15 is 0 Å². The summed E-state index contributed by atoms with van der Waals surface area (Å²) in [6, 6.07) is 25.4. The Morgan fingerprint density at radius 1 is 0.833 bits per heavy atom. The molecule has 0 aliphatic rings. The second-order valence-electron chi connectivity index (χ2n) is 9.44. The summed E-state index contributed by atoms with van der Waals surface area (Å²) in [6.07, 6.45) is -4.28. The molecular weight excluding hydrogens is 589 g/mol. The topological polar surface area (TPSA) is 113 Å². The number of hydrogen-bond acceptors (Lipinski definition) is 5. The number of sulfonamides is 1. The average molecular weight is 617 g/mol. The van der Waals surface area contributed by atoms with Crippen LogP contribution in [0.3, 0.4) is 0 Å². The van der Waals surface area contributed by atoms with E-state index in [0.717, 1.165) is 40.7 Å². The molecule has 0 fully saturated rings. The van der Waals surface area contributed by atoms with Crippen molar-refractivity contribution in [3.63, 3.8) is 0 Å². The van der Waals surface area contributed by atoms with Crippen molar-refractivity contribution in [3.8, 4) is 0 Å². The van der Waals surface area contributed by atoms with Gasteiger partial charge in [0.2, 0.25) is 10.0 Å². The number of thiophene rings is 1. The highest BCUT2D eigenvalue weighted by molar-refractivity contribution is 7.91. The van der Waals surface area contributed by atoms with Gasteiger partial charge in [0.25, 0.3) is 0 Å². The van der Waals surface area contributed by atoms with Gasteiger partial charge in [-0.2, -0.15) is 13.2 Å². The van der Waals surface area contributed by atoms with E-state index < -0.39 is 39.7 Å². The Bertz CT molecular complexity index is 1590. The third kappa shape index (κ3) is 8.05. The number of nitrogens with one attached hydrogen (secondary N) is 2. The fourth-order valence-corrected chi connectivity index (χ4v) is 7.02. The number of alkyl halides is 3. The standard InChI is InChI=1S/C30H27F3N2O5S2/c31-30(32,33)23-13-7-12-22(18-23)26(35-28(36)29(37)38)19-24-14-15-27(41-24)42(39,40)34-17-16-25(20-8-3-1-4-9-20)21-10-5-2-6-11-21/h1-15,18,25-26,34H,16-17,19H2,(H,35,36)(H,37,38). The van der Waals surface area contributed by atoms with Gasteiger partial charge in [-0.1, -0.05) is 72.8 Å². The van der Waals surface area contributed by atoms with Crippen molar-refractivity contribution < 1.29 is 36.3 Å². The van der Waals surface area contributed by atoms with Crippen molar-refractivity contribution >= 4 is 33.2 Å². The minimum absolute atomic E-state index is 0.0131. The summed E-state index contributed by atoms with van der Waals surface area (Å²) in [7, 11) is -3.92. The number of carboxylic acids is 1. The molecule has 3 N–H and O–H groups in total. The van der Waals surface area contributed by atoms with Crippen LogP contribution in [0, 0.1) is 0 Å². The van der Waals surface area contributed by atoms with Gasteiger partial charge >= 0.3 is 18.1 Å². The number of carboxylic acid groups (broad SMARTS) is 1. The van der Waals surface area contributed by atoms with E-state index in [1.54, 1.807) is 0 Å². The van der Waals surface area contributed by atoms with Crippen molar-refractivity contribution in [2.75, 3.05) is 6.54 Å². The predicted molar refractivity (Wildman–Crippen MR) is 153 cm³/mol. The lowest BCUT2D eigenvalue weighted by Crippen LogP contribution is -2.35. The monoisotopic (exact) mass is 616 g/mol. The molecule has 0 aliphatic heterocycles. The number of rotatable bonds is 11. The summed E-state index contributed by atoms with van der Waals surface area (Å²) in [5.74, 6) is -3.23. The molecule has 4 rings (SSSR count). The first kappa shape index (κ1) is 30.9. The lowest BCUT2D eigenvalue weighted by Gasteiger charge is -2.19. The molecular formula is C30H27F3N2O5S2. The molecule has 1 amide bonds. The first-order valence-electron chi connectivity index (χ1n) is 12.8. The molecule has 1 heterocycles. The van der Waals surface area contributed by atoms with Crippen LogP contribution in [0.5, 0.6) is 0 Å². The molecule has 0 saturated carbocycles. The Morgan fingerprint density at radius 2 is 1.43 bits per heavy atom. The molecule has 42 heavy (non-hydrogen) atoms. The SMILES string of the molecule is O=C(O)C(=O)NC(Cc1ccc(S(=O)(=O)NCCC(c2ccccc2)c2ccccc2)s1)c1cccc(C(F)(F)F)c1. The lowest BCUT2D eigenvalue weighted by molar-refractivity contribution is -0.150. The van der Waals surface area contributed by atoms with E-state index in [0.29, 0.717) is 11.3 Å². The summed E-state index contributed by atoms with van der Waals surface area (Å²) in [4.78, 5) is 23.5. The highest BCUT2D eigenvalue weighted by atomic mass is 32.2. The Hall–Kier alpha value is -4.00. The van der Waals surface area contributed by atoms with Gasteiger partial charge in [0, 0.05) is 23.8 Å². The van der Waals surface area contributed by atoms with Crippen LogP contribution in [-0.2, 0) is 32.2 Å². The van der Waals surface area contributed by atoms with Crippen LogP contribution in [0.2, 0.25) is 0 Å². The highest BCUT2D eigenvalue weighted by Gasteiger charge is 2.31. The average Bonchev–Trinajstić information content (AvgIpc) is 3.45. The molecule has 0 bridgehead atoms. The minimum atomic E-state index is -4.65. The van der Waals surface area contributed by atoms with Crippen LogP contribution in [-0.4, -0.2) is 31.9 Å². The first-order chi connectivity index (χ1) is 19.9. The summed E-state index contributed by atoms with van der Waals surface area (Å²) < 4.78 is 68.6. The Morgan fingerprint density at radius 3 is 2.00 bits per heavy atom. The van der Waals surface area contributed by atoms with Crippen LogP contribution in [0.4, 0.5) is 13.2 Å². The normalized spacial score (nSPS) is 12.7. The fraction of sp³-hybridized carbons (Fsp3) is 0.200. The van der Waals surface area contributed by atoms with Gasteiger partial charge in [0.1, 0.15) is 4.21 Å². The second kappa shape index (κ2) is 13.3. The highest BCUT2D eigenvalue weighted by Crippen LogP contribution is 2.33. The van der Waals surface area contributed by atoms with Gasteiger partial charge in [0.05, 0.1) is 11.6 Å². The zero-order valence-corrected chi connectivity index (χ0v) is 23.7. The minimum Gasteiger partial charge on any atom is -0.474 e. The van der Waals surface area contributed by atoms with Gasteiger partial charge < -0.3 is 10.4 Å². The smallest absolute Gasteiger partial charge is 0.416 e. The summed E-state index contributed by atoms with van der Waals surface area (Å²) >= 11 is 0.888. The summed E-state index contributed by atoms with van der Waals surface area (Å²) in [5.41, 5.74) is 1.16. The zero-order chi connectivity index (χ0) is 30.3. The fourth-order valence-electron chi connectivity index (χ4n) is 4.52. The van der Waals surface area contributed by atoms with E-state index in [4.69, 9.17) is 5.11 Å². The number of halogens is 3. The number of aliphatic carboxylic acids is 1. The van der Waals surface area contributed by atoms with Gasteiger partial charge in [-0.3, -0.25) is 4.79 Å². The van der Waals surface area contributed by atoms with Gasteiger partial charge in [-0.25, -0.2) is 17.9 Å². The van der Waals surface area contributed by atoms with E-state index in [2.05, 4.69) is 10.0 Å². The van der Waals surface area contributed by atoms with Crippen molar-refractivity contribution in [1.29, 1.82) is 0 Å². The number of amides is 1. The first-order valence-corrected chi connectivity index (χ1v) is 15.1. The molecule has 0 spiro atoms. The maximum absolute atomic E-state index is 13.3. The number of hydrogen-bond donors (Lipinski definition) is 3. The lowest BCUT2D eigenvalue weighted by atomic mass is 9.89. The van der Waals surface area contributed by atoms with E-state index in [1.165, 1.54) is 18.2 Å². The van der Waals surface area contributed by atoms with Crippen LogP contribution in [0.25, 0.3) is 0 Å². The molecule has 7 nitrogen and oxygen atoms in total. The largest absolute Gasteiger partial charge is 0.474 e. The van der Waals surface area contributed by atoms with Crippen molar-refractivity contribution in [3.05, 3.63) is 124 Å². The van der Waals surface area contributed by atoms with E-state index in [1.807, 2.05) is 60.7 Å². The van der Waals surface area contributed by atoms with Crippen LogP contribution in [0.15, 0.2) is 101 Å². The molecule has 4 aromatic rings. The number of carbonyl (C=O) groups is 2. The third-order valence-corrected chi connectivity index (χ3v) is 9.61. The maximum Gasteiger partial charge on any atom is 0.416 e. The van der Waals surface area contributed by atoms with Gasteiger partial charge in [-0.15, -0.1) is 11.3 Å². The van der Waals surface area contributed by atoms with Crippen molar-refractivity contribution in [2.45, 2.75) is 35.2 Å². The molecule has 0 aliphatic carbocycles. The van der Waals surface area contributed by atoms with Crippen LogP contribution < -0.4 is 10.0 Å². The Labute approximate surface area is 245 Å². The van der Waals surface area contributed by atoms with E-state index in [9.17, 15) is 31.2 Å². The molecule has 0 saturated heterocycles. The molecule has 1 unspecified atom stereocenters. The van der Waals surface area contributed by atoms with Crippen LogP contribution >= 0.6 is 11.3 Å². The second-order valence-corrected chi connectivity index (χ2v) is 12.6. The van der Waals surface area contributed by atoms with E-state index in [-0.39, 0.29) is 28.7 Å².